The van der Waals surface area contributed by atoms with Gasteiger partial charge in [0.2, 0.25) is 11.8 Å². The largest absolute Gasteiger partial charge is 0.360 e. The first kappa shape index (κ1) is 20.8. The van der Waals surface area contributed by atoms with Crippen LogP contribution in [0.15, 0.2) is 10.6 Å². The minimum absolute atomic E-state index is 0. The number of thioether (sulfide) groups is 1. The van der Waals surface area contributed by atoms with Gasteiger partial charge in [-0.1, -0.05) is 5.16 Å². The Labute approximate surface area is 152 Å². The van der Waals surface area contributed by atoms with E-state index in [1.54, 1.807) is 19.9 Å². The fraction of sp³-hybridized carbons (Fsp3) is 0.667. The van der Waals surface area contributed by atoms with Gasteiger partial charge >= 0.3 is 0 Å². The van der Waals surface area contributed by atoms with Crippen LogP contribution in [0.4, 0.5) is 5.82 Å². The lowest BCUT2D eigenvalue weighted by atomic mass is 10.1. The zero-order valence-electron chi connectivity index (χ0n) is 14.4. The monoisotopic (exact) mass is 376 g/mol. The number of carbonyl (C=O) groups is 2. The first-order chi connectivity index (χ1) is 10.9. The maximum absolute atomic E-state index is 12.4. The number of anilines is 1. The number of piperazine rings is 1. The van der Waals surface area contributed by atoms with E-state index in [-0.39, 0.29) is 41.6 Å². The second-order valence-corrected chi connectivity index (χ2v) is 7.16. The topological polar surface area (TPSA) is 87.5 Å². The standard InChI is InChI=1S/C15H24N4O3S.ClH/c1-9-7-13(18-22-9)17-15(21)12(4)23-8-14(20)19-6-5-16-10(2)11(19)3;/h7,10-12,16H,5-6,8H2,1-4H3,(H,17,18,21);1H. The van der Waals surface area contributed by atoms with Gasteiger partial charge < -0.3 is 20.1 Å². The Morgan fingerprint density at radius 2 is 2.25 bits per heavy atom. The number of amides is 2. The van der Waals surface area contributed by atoms with E-state index in [4.69, 9.17) is 4.52 Å². The number of nitrogens with zero attached hydrogens (tertiary/aromatic N) is 2. The molecule has 1 aromatic heterocycles. The van der Waals surface area contributed by atoms with Gasteiger partial charge in [-0.15, -0.1) is 24.2 Å². The summed E-state index contributed by atoms with van der Waals surface area (Å²) in [6.45, 7) is 9.18. The van der Waals surface area contributed by atoms with Crippen molar-refractivity contribution in [1.82, 2.24) is 15.4 Å². The molecule has 1 fully saturated rings. The molecule has 0 bridgehead atoms. The van der Waals surface area contributed by atoms with Crippen LogP contribution in [0, 0.1) is 6.92 Å². The Kier molecular flexibility index (Phi) is 8.05. The molecule has 1 saturated heterocycles. The number of halogens is 1. The summed E-state index contributed by atoms with van der Waals surface area (Å²) in [7, 11) is 0. The molecular formula is C15H25ClN4O3S. The second kappa shape index (κ2) is 9.29. The fourth-order valence-electron chi connectivity index (χ4n) is 2.42. The molecule has 3 unspecified atom stereocenters. The molecule has 2 heterocycles. The third-order valence-corrected chi connectivity index (χ3v) is 5.19. The Balaban J connectivity index is 0.00000288. The fourth-order valence-corrected chi connectivity index (χ4v) is 3.19. The van der Waals surface area contributed by atoms with E-state index < -0.39 is 0 Å². The first-order valence-corrected chi connectivity index (χ1v) is 8.82. The smallest absolute Gasteiger partial charge is 0.238 e. The third kappa shape index (κ3) is 5.39. The lowest BCUT2D eigenvalue weighted by Gasteiger charge is -2.38. The summed E-state index contributed by atoms with van der Waals surface area (Å²) in [5, 5.41) is 9.42. The summed E-state index contributed by atoms with van der Waals surface area (Å²) in [5.74, 6) is 1.22. The lowest BCUT2D eigenvalue weighted by Crippen LogP contribution is -2.57. The molecule has 0 radical (unpaired) electrons. The normalized spacial score (nSPS) is 21.8. The highest BCUT2D eigenvalue weighted by atomic mass is 35.5. The van der Waals surface area contributed by atoms with Gasteiger partial charge in [0, 0.05) is 31.2 Å². The van der Waals surface area contributed by atoms with Crippen molar-refractivity contribution in [1.29, 1.82) is 0 Å². The van der Waals surface area contributed by atoms with E-state index in [1.165, 1.54) is 11.8 Å². The predicted molar refractivity (Wildman–Crippen MR) is 97.7 cm³/mol. The van der Waals surface area contributed by atoms with Gasteiger partial charge in [0.25, 0.3) is 0 Å². The van der Waals surface area contributed by atoms with Crippen LogP contribution in [-0.4, -0.2) is 58.0 Å². The highest BCUT2D eigenvalue weighted by Gasteiger charge is 2.28. The van der Waals surface area contributed by atoms with E-state index in [1.807, 2.05) is 11.8 Å². The summed E-state index contributed by atoms with van der Waals surface area (Å²) < 4.78 is 4.91. The zero-order chi connectivity index (χ0) is 17.0. The zero-order valence-corrected chi connectivity index (χ0v) is 16.0. The van der Waals surface area contributed by atoms with Crippen LogP contribution < -0.4 is 10.6 Å². The average Bonchev–Trinajstić information content (AvgIpc) is 2.92. The van der Waals surface area contributed by atoms with Crippen molar-refractivity contribution in [3.05, 3.63) is 11.8 Å². The minimum Gasteiger partial charge on any atom is -0.360 e. The second-order valence-electron chi connectivity index (χ2n) is 5.84. The van der Waals surface area contributed by atoms with Crippen LogP contribution in [0.25, 0.3) is 0 Å². The quantitative estimate of drug-likeness (QED) is 0.812. The van der Waals surface area contributed by atoms with Gasteiger partial charge in [-0.2, -0.15) is 0 Å². The van der Waals surface area contributed by atoms with Crippen molar-refractivity contribution in [3.8, 4) is 0 Å². The molecule has 1 aliphatic rings. The summed E-state index contributed by atoms with van der Waals surface area (Å²) in [6.07, 6.45) is 0. The van der Waals surface area contributed by atoms with Crippen molar-refractivity contribution >= 4 is 41.8 Å². The summed E-state index contributed by atoms with van der Waals surface area (Å²) in [4.78, 5) is 26.3. The first-order valence-electron chi connectivity index (χ1n) is 7.77. The molecule has 24 heavy (non-hydrogen) atoms. The van der Waals surface area contributed by atoms with Crippen LogP contribution >= 0.6 is 24.2 Å². The molecule has 1 aromatic rings. The number of nitrogens with one attached hydrogen (secondary N) is 2. The van der Waals surface area contributed by atoms with Crippen molar-refractivity contribution in [2.45, 2.75) is 45.0 Å². The van der Waals surface area contributed by atoms with E-state index >= 15 is 0 Å². The highest BCUT2D eigenvalue weighted by Crippen LogP contribution is 2.17. The van der Waals surface area contributed by atoms with Crippen molar-refractivity contribution < 1.29 is 14.1 Å². The SMILES string of the molecule is Cc1cc(NC(=O)C(C)SCC(=O)N2CCNC(C)C2C)no1.Cl. The Hall–Kier alpha value is -1.25. The number of hydrogen-bond acceptors (Lipinski definition) is 6. The van der Waals surface area contributed by atoms with E-state index in [2.05, 4.69) is 22.7 Å². The van der Waals surface area contributed by atoms with Gasteiger partial charge in [0.1, 0.15) is 5.76 Å². The third-order valence-electron chi connectivity index (χ3n) is 4.06. The number of aromatic nitrogens is 1. The van der Waals surface area contributed by atoms with Gasteiger partial charge in [-0.05, 0) is 27.7 Å². The summed E-state index contributed by atoms with van der Waals surface area (Å²) >= 11 is 1.33. The van der Waals surface area contributed by atoms with Crippen molar-refractivity contribution in [3.63, 3.8) is 0 Å². The maximum atomic E-state index is 12.4. The maximum Gasteiger partial charge on any atom is 0.238 e. The summed E-state index contributed by atoms with van der Waals surface area (Å²) in [6, 6.07) is 2.11. The molecule has 0 aromatic carbocycles. The number of rotatable bonds is 5. The molecule has 0 spiro atoms. The van der Waals surface area contributed by atoms with Crippen LogP contribution in [0.1, 0.15) is 26.5 Å². The van der Waals surface area contributed by atoms with Gasteiger partial charge in [0.05, 0.1) is 11.0 Å². The average molecular weight is 377 g/mol. The van der Waals surface area contributed by atoms with Gasteiger partial charge in [-0.3, -0.25) is 9.59 Å². The Bertz CT molecular complexity index is 569. The molecule has 2 rings (SSSR count). The lowest BCUT2D eigenvalue weighted by molar-refractivity contribution is -0.131. The van der Waals surface area contributed by atoms with Crippen LogP contribution in [-0.2, 0) is 9.59 Å². The molecule has 0 aliphatic carbocycles. The molecular weight excluding hydrogens is 352 g/mol. The molecule has 1 aliphatic heterocycles. The van der Waals surface area contributed by atoms with Crippen LogP contribution in [0.5, 0.6) is 0 Å². The summed E-state index contributed by atoms with van der Waals surface area (Å²) in [5.41, 5.74) is 0. The molecule has 136 valence electrons. The van der Waals surface area contributed by atoms with Crippen LogP contribution in [0.3, 0.4) is 0 Å². The van der Waals surface area contributed by atoms with Crippen molar-refractivity contribution in [2.75, 3.05) is 24.2 Å². The van der Waals surface area contributed by atoms with Gasteiger partial charge in [0.15, 0.2) is 5.82 Å². The minimum atomic E-state index is -0.341. The van der Waals surface area contributed by atoms with E-state index in [9.17, 15) is 9.59 Å². The molecule has 2 N–H and O–H groups in total. The number of aryl methyl sites for hydroxylation is 1. The molecule has 2 amide bonds. The highest BCUT2D eigenvalue weighted by molar-refractivity contribution is 8.01. The molecule has 0 saturated carbocycles. The van der Waals surface area contributed by atoms with Gasteiger partial charge in [-0.25, -0.2) is 0 Å². The molecule has 9 heteroatoms. The number of carbonyl (C=O) groups excluding carboxylic acids is 2. The Morgan fingerprint density at radius 3 is 2.88 bits per heavy atom. The van der Waals surface area contributed by atoms with E-state index in [0.717, 1.165) is 6.54 Å². The Morgan fingerprint density at radius 1 is 1.54 bits per heavy atom. The van der Waals surface area contributed by atoms with Crippen molar-refractivity contribution in [2.24, 2.45) is 0 Å². The van der Waals surface area contributed by atoms with Crippen LogP contribution in [0.2, 0.25) is 0 Å². The van der Waals surface area contributed by atoms with E-state index in [0.29, 0.717) is 23.9 Å². The number of hydrogen-bond donors (Lipinski definition) is 2. The predicted octanol–water partition coefficient (Wildman–Crippen LogP) is 1.67. The molecule has 7 nitrogen and oxygen atoms in total. The molecule has 3 atom stereocenters.